The molecule has 4 bridgehead atoms. The number of aromatic nitrogens is 1. The average Bonchev–Trinajstić information content (AvgIpc) is 2.71. The van der Waals surface area contributed by atoms with Gasteiger partial charge in [-0.15, -0.1) is 0 Å². The van der Waals surface area contributed by atoms with Crippen LogP contribution < -0.4 is 5.32 Å². The number of hydrogen-bond donors (Lipinski definition) is 2. The number of benzene rings is 1. The van der Waals surface area contributed by atoms with E-state index in [4.69, 9.17) is 0 Å². The summed E-state index contributed by atoms with van der Waals surface area (Å²) in [5.74, 6) is 1.49. The normalized spacial score (nSPS) is 29.0. The van der Waals surface area contributed by atoms with Gasteiger partial charge in [-0.2, -0.15) is 0 Å². The smallest absolute Gasteiger partial charge is 0.336 e. The maximum absolute atomic E-state index is 13.1. The van der Waals surface area contributed by atoms with Crippen molar-refractivity contribution in [2.24, 2.45) is 23.2 Å². The number of carboxylic acids is 1. The lowest BCUT2D eigenvalue weighted by Gasteiger charge is -2.56. The van der Waals surface area contributed by atoms with E-state index in [0.29, 0.717) is 16.8 Å². The Bertz CT molecular complexity index is 978. The predicted molar refractivity (Wildman–Crippen MR) is 114 cm³/mol. The first kappa shape index (κ1) is 19.3. The zero-order valence-electron chi connectivity index (χ0n) is 17.4. The Morgan fingerprint density at radius 2 is 1.70 bits per heavy atom. The molecule has 4 fully saturated rings. The molecule has 4 aliphatic rings. The fraction of sp³-hybridized carbons (Fsp3) is 0.480. The minimum atomic E-state index is -0.999. The topological polar surface area (TPSA) is 79.3 Å². The maximum Gasteiger partial charge on any atom is 0.336 e. The van der Waals surface area contributed by atoms with Gasteiger partial charge in [-0.1, -0.05) is 18.2 Å². The number of carboxylic acid groups (broad SMARTS) is 1. The standard InChI is InChI=1S/C25H28N2O3/c1-15-13-26-22(19-4-2-3-5-20(19)24(29)30)9-21(15)23(28)27-14-25-10-16-6-17(11-25)8-18(7-16)12-25/h2-5,9,13,16-18H,6-8,10-12,14H2,1H3,(H,27,28)(H,29,30). The van der Waals surface area contributed by atoms with Gasteiger partial charge in [-0.25, -0.2) is 4.79 Å². The lowest BCUT2D eigenvalue weighted by atomic mass is 9.49. The molecule has 0 aliphatic heterocycles. The molecule has 1 heterocycles. The molecule has 4 aliphatic carbocycles. The number of amides is 1. The Hall–Kier alpha value is -2.69. The van der Waals surface area contributed by atoms with Crippen LogP contribution in [0.5, 0.6) is 0 Å². The Balaban J connectivity index is 1.37. The average molecular weight is 405 g/mol. The highest BCUT2D eigenvalue weighted by molar-refractivity contribution is 5.98. The van der Waals surface area contributed by atoms with Crippen molar-refractivity contribution in [2.45, 2.75) is 45.4 Å². The summed E-state index contributed by atoms with van der Waals surface area (Å²) < 4.78 is 0. The second kappa shape index (κ2) is 7.22. The van der Waals surface area contributed by atoms with Gasteiger partial charge >= 0.3 is 5.97 Å². The summed E-state index contributed by atoms with van der Waals surface area (Å²) in [6, 6.07) is 8.51. The van der Waals surface area contributed by atoms with Gasteiger partial charge < -0.3 is 10.4 Å². The van der Waals surface area contributed by atoms with Crippen molar-refractivity contribution in [3.05, 3.63) is 53.2 Å². The van der Waals surface area contributed by atoms with Crippen LogP contribution in [0.3, 0.4) is 0 Å². The first-order chi connectivity index (χ1) is 14.4. The van der Waals surface area contributed by atoms with E-state index in [1.165, 1.54) is 38.5 Å². The third-order valence-electron chi connectivity index (χ3n) is 7.57. The summed E-state index contributed by atoms with van der Waals surface area (Å²) in [4.78, 5) is 29.1. The van der Waals surface area contributed by atoms with Gasteiger partial charge in [-0.05, 0) is 86.3 Å². The van der Waals surface area contributed by atoms with Crippen LogP contribution in [0.25, 0.3) is 11.3 Å². The number of aryl methyl sites for hydroxylation is 1. The van der Waals surface area contributed by atoms with Crippen molar-refractivity contribution in [2.75, 3.05) is 6.54 Å². The summed E-state index contributed by atoms with van der Waals surface area (Å²) in [6.45, 7) is 2.62. The van der Waals surface area contributed by atoms with E-state index in [2.05, 4.69) is 10.3 Å². The Morgan fingerprint density at radius 3 is 2.33 bits per heavy atom. The number of aromatic carboxylic acids is 1. The second-order valence-electron chi connectivity index (χ2n) is 9.84. The van der Waals surface area contributed by atoms with Crippen LogP contribution >= 0.6 is 0 Å². The highest BCUT2D eigenvalue weighted by atomic mass is 16.4. The number of nitrogens with one attached hydrogen (secondary N) is 1. The molecule has 6 rings (SSSR count). The van der Waals surface area contributed by atoms with Crippen molar-refractivity contribution in [1.82, 2.24) is 10.3 Å². The minimum absolute atomic E-state index is 0.0836. The van der Waals surface area contributed by atoms with E-state index in [-0.39, 0.29) is 16.9 Å². The van der Waals surface area contributed by atoms with Gasteiger partial charge in [0.2, 0.25) is 0 Å². The number of carbonyl (C=O) groups is 2. The van der Waals surface area contributed by atoms with Crippen LogP contribution in [0.4, 0.5) is 0 Å². The van der Waals surface area contributed by atoms with Crippen LogP contribution in [0.1, 0.15) is 64.8 Å². The van der Waals surface area contributed by atoms with Crippen LogP contribution in [-0.4, -0.2) is 28.5 Å². The molecule has 1 amide bonds. The first-order valence-electron chi connectivity index (χ1n) is 11.0. The largest absolute Gasteiger partial charge is 0.478 e. The summed E-state index contributed by atoms with van der Waals surface area (Å²) >= 11 is 0. The van der Waals surface area contributed by atoms with Crippen molar-refractivity contribution in [1.29, 1.82) is 0 Å². The molecular weight excluding hydrogens is 376 g/mol. The number of rotatable bonds is 5. The van der Waals surface area contributed by atoms with Gasteiger partial charge in [0.05, 0.1) is 11.3 Å². The molecule has 0 unspecified atom stereocenters. The third-order valence-corrected chi connectivity index (χ3v) is 7.57. The molecule has 0 radical (unpaired) electrons. The molecule has 1 aromatic carbocycles. The minimum Gasteiger partial charge on any atom is -0.478 e. The van der Waals surface area contributed by atoms with Crippen LogP contribution in [0, 0.1) is 30.1 Å². The molecule has 1 aromatic heterocycles. The van der Waals surface area contributed by atoms with Gasteiger partial charge in [0, 0.05) is 23.9 Å². The summed E-state index contributed by atoms with van der Waals surface area (Å²) in [5, 5.41) is 12.7. The van der Waals surface area contributed by atoms with Crippen LogP contribution in [0.15, 0.2) is 36.5 Å². The number of nitrogens with zero attached hydrogens (tertiary/aromatic N) is 1. The molecule has 0 saturated heterocycles. The third kappa shape index (κ3) is 3.40. The highest BCUT2D eigenvalue weighted by Crippen LogP contribution is 2.59. The van der Waals surface area contributed by atoms with Crippen molar-refractivity contribution >= 4 is 11.9 Å². The summed E-state index contributed by atoms with van der Waals surface area (Å²) in [5.41, 5.74) is 2.89. The Kier molecular flexibility index (Phi) is 4.64. The van der Waals surface area contributed by atoms with Crippen LogP contribution in [-0.2, 0) is 0 Å². The summed E-state index contributed by atoms with van der Waals surface area (Å²) in [6.07, 6.45) is 9.60. The molecule has 156 valence electrons. The van der Waals surface area contributed by atoms with E-state index >= 15 is 0 Å². The van der Waals surface area contributed by atoms with E-state index in [0.717, 1.165) is 29.9 Å². The highest BCUT2D eigenvalue weighted by Gasteiger charge is 2.50. The Labute approximate surface area is 176 Å². The second-order valence-corrected chi connectivity index (χ2v) is 9.84. The zero-order chi connectivity index (χ0) is 20.9. The monoisotopic (exact) mass is 404 g/mol. The fourth-order valence-electron chi connectivity index (χ4n) is 6.68. The fourth-order valence-corrected chi connectivity index (χ4v) is 6.68. The number of carbonyl (C=O) groups excluding carboxylic acids is 1. The van der Waals surface area contributed by atoms with Gasteiger partial charge in [0.15, 0.2) is 0 Å². The van der Waals surface area contributed by atoms with Gasteiger partial charge in [0.25, 0.3) is 5.91 Å². The molecule has 30 heavy (non-hydrogen) atoms. The molecular formula is C25H28N2O3. The van der Waals surface area contributed by atoms with E-state index in [1.54, 1.807) is 36.5 Å². The predicted octanol–water partition coefficient (Wildman–Crippen LogP) is 4.70. The van der Waals surface area contributed by atoms with Gasteiger partial charge in [0.1, 0.15) is 0 Å². The summed E-state index contributed by atoms with van der Waals surface area (Å²) in [7, 11) is 0. The van der Waals surface area contributed by atoms with Crippen molar-refractivity contribution < 1.29 is 14.7 Å². The molecule has 0 spiro atoms. The number of hydrogen-bond acceptors (Lipinski definition) is 3. The lowest BCUT2D eigenvalue weighted by molar-refractivity contribution is -0.0503. The van der Waals surface area contributed by atoms with Crippen molar-refractivity contribution in [3.8, 4) is 11.3 Å². The molecule has 2 aromatic rings. The van der Waals surface area contributed by atoms with Gasteiger partial charge in [-0.3, -0.25) is 9.78 Å². The van der Waals surface area contributed by atoms with E-state index < -0.39 is 5.97 Å². The maximum atomic E-state index is 13.1. The van der Waals surface area contributed by atoms with Crippen molar-refractivity contribution in [3.63, 3.8) is 0 Å². The molecule has 2 N–H and O–H groups in total. The lowest BCUT2D eigenvalue weighted by Crippen LogP contribution is -2.51. The molecule has 4 saturated carbocycles. The SMILES string of the molecule is Cc1cnc(-c2ccccc2C(=O)O)cc1C(=O)NCC12CC3CC(CC(C3)C1)C2. The molecule has 0 atom stereocenters. The van der Waals surface area contributed by atoms with Crippen LogP contribution in [0.2, 0.25) is 0 Å². The first-order valence-corrected chi connectivity index (χ1v) is 11.0. The molecule has 5 heteroatoms. The number of pyridine rings is 1. The van der Waals surface area contributed by atoms with E-state index in [1.807, 2.05) is 6.92 Å². The zero-order valence-corrected chi connectivity index (χ0v) is 17.4. The van der Waals surface area contributed by atoms with E-state index in [9.17, 15) is 14.7 Å². The molecule has 5 nitrogen and oxygen atoms in total. The Morgan fingerprint density at radius 1 is 1.07 bits per heavy atom. The quantitative estimate of drug-likeness (QED) is 0.757.